The van der Waals surface area contributed by atoms with Crippen LogP contribution in [0.25, 0.3) is 0 Å². The number of thiocarbonyl (C=S) groups is 1. The SMILES string of the molecule is S=C1SC2=C(CCCC2)SC1=C1SC2=C(CCCC2)S1. The predicted molar refractivity (Wildman–Crippen MR) is 101 cm³/mol. The Morgan fingerprint density at radius 3 is 1.60 bits per heavy atom. The second-order valence-electron chi connectivity index (χ2n) is 5.42. The summed E-state index contributed by atoms with van der Waals surface area (Å²) in [6.45, 7) is 0. The van der Waals surface area contributed by atoms with E-state index in [1.54, 1.807) is 19.6 Å². The van der Waals surface area contributed by atoms with E-state index in [0.717, 1.165) is 4.20 Å². The lowest BCUT2D eigenvalue weighted by Crippen LogP contribution is -2.05. The maximum absolute atomic E-state index is 5.70. The van der Waals surface area contributed by atoms with Crippen molar-refractivity contribution in [3.05, 3.63) is 28.8 Å². The minimum atomic E-state index is 1.13. The standard InChI is InChI=1S/C15H16S5/c16-14-13(17-9-5-1-2-6-10(9)18-14)15-19-11-7-3-4-8-12(11)20-15/h1-8H2. The highest BCUT2D eigenvalue weighted by Gasteiger charge is 2.31. The van der Waals surface area contributed by atoms with Crippen LogP contribution in [0.5, 0.6) is 0 Å². The molecule has 4 aliphatic rings. The summed E-state index contributed by atoms with van der Waals surface area (Å²) >= 11 is 13.6. The van der Waals surface area contributed by atoms with Gasteiger partial charge in [-0.15, -0.1) is 0 Å². The number of rotatable bonds is 0. The maximum Gasteiger partial charge on any atom is 0.0907 e. The molecule has 20 heavy (non-hydrogen) atoms. The van der Waals surface area contributed by atoms with Crippen molar-refractivity contribution in [2.75, 3.05) is 0 Å². The molecule has 0 saturated carbocycles. The minimum Gasteiger partial charge on any atom is -0.0899 e. The number of hydrogen-bond donors (Lipinski definition) is 0. The van der Waals surface area contributed by atoms with Crippen molar-refractivity contribution in [3.63, 3.8) is 0 Å². The summed E-state index contributed by atoms with van der Waals surface area (Å²) < 4.78 is 2.61. The first kappa shape index (κ1) is 14.3. The van der Waals surface area contributed by atoms with Crippen LogP contribution in [0.15, 0.2) is 28.8 Å². The summed E-state index contributed by atoms with van der Waals surface area (Å²) in [7, 11) is 0. The van der Waals surface area contributed by atoms with Crippen LogP contribution in [0.3, 0.4) is 0 Å². The Kier molecular flexibility index (Phi) is 4.34. The molecule has 0 aromatic carbocycles. The van der Waals surface area contributed by atoms with Crippen LogP contribution >= 0.6 is 59.3 Å². The first-order valence-corrected chi connectivity index (χ1v) is 10.9. The fourth-order valence-corrected chi connectivity index (χ4v) is 9.24. The Bertz CT molecular complexity index is 547. The first-order valence-electron chi connectivity index (χ1n) is 7.25. The normalized spacial score (nSPS) is 27.1. The average Bonchev–Trinajstić information content (AvgIpc) is 2.90. The predicted octanol–water partition coefficient (Wildman–Crippen LogP) is 7.01. The number of allylic oxidation sites excluding steroid dienone is 4. The summed E-state index contributed by atoms with van der Waals surface area (Å²) in [5, 5.41) is 0. The third-order valence-electron chi connectivity index (χ3n) is 3.98. The quantitative estimate of drug-likeness (QED) is 0.337. The summed E-state index contributed by atoms with van der Waals surface area (Å²) in [6, 6.07) is 0. The van der Waals surface area contributed by atoms with Gasteiger partial charge in [-0.3, -0.25) is 0 Å². The molecule has 0 bridgehead atoms. The van der Waals surface area contributed by atoms with Crippen molar-refractivity contribution >= 4 is 63.5 Å². The van der Waals surface area contributed by atoms with Crippen molar-refractivity contribution in [1.29, 1.82) is 0 Å². The van der Waals surface area contributed by atoms with Crippen LogP contribution < -0.4 is 0 Å². The van der Waals surface area contributed by atoms with Crippen LogP contribution in [0.1, 0.15) is 51.4 Å². The molecule has 0 saturated heterocycles. The minimum absolute atomic E-state index is 1.13. The largest absolute Gasteiger partial charge is 0.0907 e. The summed E-state index contributed by atoms with van der Waals surface area (Å²) in [4.78, 5) is 7.86. The van der Waals surface area contributed by atoms with Crippen molar-refractivity contribution in [2.45, 2.75) is 51.4 Å². The molecular formula is C15H16S5. The molecule has 0 aromatic heterocycles. The van der Waals surface area contributed by atoms with Crippen LogP contribution in [0.2, 0.25) is 0 Å². The van der Waals surface area contributed by atoms with E-state index < -0.39 is 0 Å². The fraction of sp³-hybridized carbons (Fsp3) is 0.533. The van der Waals surface area contributed by atoms with Crippen LogP contribution in [-0.4, -0.2) is 4.20 Å². The molecule has 0 aromatic rings. The van der Waals surface area contributed by atoms with E-state index in [1.165, 1.54) is 60.5 Å². The van der Waals surface area contributed by atoms with Gasteiger partial charge in [0, 0.05) is 14.7 Å². The molecule has 2 heterocycles. The molecule has 0 fully saturated rings. The molecule has 2 aliphatic carbocycles. The zero-order chi connectivity index (χ0) is 13.5. The lowest BCUT2D eigenvalue weighted by Gasteiger charge is -2.26. The molecule has 0 atom stereocenters. The van der Waals surface area contributed by atoms with Crippen LogP contribution in [-0.2, 0) is 0 Å². The smallest absolute Gasteiger partial charge is 0.0899 e. The van der Waals surface area contributed by atoms with Crippen molar-refractivity contribution < 1.29 is 0 Å². The Morgan fingerprint density at radius 1 is 0.600 bits per heavy atom. The summed E-state index contributed by atoms with van der Waals surface area (Å²) in [6.07, 6.45) is 10.6. The molecule has 0 N–H and O–H groups in total. The Balaban J connectivity index is 1.62. The molecule has 4 rings (SSSR count). The second-order valence-corrected chi connectivity index (χ2v) is 10.8. The topological polar surface area (TPSA) is 0 Å². The fourth-order valence-electron chi connectivity index (χ4n) is 2.92. The van der Waals surface area contributed by atoms with Gasteiger partial charge < -0.3 is 0 Å². The van der Waals surface area contributed by atoms with Gasteiger partial charge in [-0.05, 0) is 56.3 Å². The van der Waals surface area contributed by atoms with E-state index in [9.17, 15) is 0 Å². The Labute approximate surface area is 143 Å². The van der Waals surface area contributed by atoms with E-state index in [4.69, 9.17) is 12.2 Å². The monoisotopic (exact) mass is 356 g/mol. The number of hydrogen-bond acceptors (Lipinski definition) is 5. The zero-order valence-electron chi connectivity index (χ0n) is 11.2. The Hall–Kier alpha value is 0.710. The van der Waals surface area contributed by atoms with E-state index in [1.807, 2.05) is 47.0 Å². The highest BCUT2D eigenvalue weighted by molar-refractivity contribution is 8.33. The second kappa shape index (κ2) is 6.07. The lowest BCUT2D eigenvalue weighted by atomic mass is 10.1. The van der Waals surface area contributed by atoms with Gasteiger partial charge in [-0.2, -0.15) is 0 Å². The summed E-state index contributed by atoms with van der Waals surface area (Å²) in [5.41, 5.74) is 0. The van der Waals surface area contributed by atoms with Crippen molar-refractivity contribution in [1.82, 2.24) is 0 Å². The van der Waals surface area contributed by atoms with E-state index in [-0.39, 0.29) is 0 Å². The highest BCUT2D eigenvalue weighted by atomic mass is 32.2. The van der Waals surface area contributed by atoms with Gasteiger partial charge in [-0.25, -0.2) is 0 Å². The molecule has 0 nitrogen and oxygen atoms in total. The van der Waals surface area contributed by atoms with Crippen molar-refractivity contribution in [2.24, 2.45) is 0 Å². The molecule has 0 unspecified atom stereocenters. The molecule has 5 heteroatoms. The van der Waals surface area contributed by atoms with Gasteiger partial charge in [0.25, 0.3) is 0 Å². The van der Waals surface area contributed by atoms with Gasteiger partial charge in [0.2, 0.25) is 0 Å². The van der Waals surface area contributed by atoms with E-state index in [2.05, 4.69) is 0 Å². The summed E-state index contributed by atoms with van der Waals surface area (Å²) in [5.74, 6) is 0. The van der Waals surface area contributed by atoms with Gasteiger partial charge in [0.05, 0.1) is 13.3 Å². The van der Waals surface area contributed by atoms with Gasteiger partial charge in [-0.1, -0.05) is 59.3 Å². The molecule has 106 valence electrons. The van der Waals surface area contributed by atoms with Crippen LogP contribution in [0.4, 0.5) is 0 Å². The number of thioether (sulfide) groups is 4. The van der Waals surface area contributed by atoms with Crippen LogP contribution in [0, 0.1) is 0 Å². The zero-order valence-corrected chi connectivity index (χ0v) is 15.3. The molecular weight excluding hydrogens is 341 g/mol. The first-order chi connectivity index (χ1) is 9.81. The van der Waals surface area contributed by atoms with E-state index >= 15 is 0 Å². The third-order valence-corrected chi connectivity index (χ3v) is 10.3. The van der Waals surface area contributed by atoms with Crippen molar-refractivity contribution in [3.8, 4) is 0 Å². The lowest BCUT2D eigenvalue weighted by molar-refractivity contribution is 0.717. The molecule has 0 spiro atoms. The maximum atomic E-state index is 5.70. The average molecular weight is 357 g/mol. The molecule has 0 amide bonds. The van der Waals surface area contributed by atoms with Gasteiger partial charge >= 0.3 is 0 Å². The van der Waals surface area contributed by atoms with Gasteiger partial charge in [0.15, 0.2) is 0 Å². The molecule has 0 radical (unpaired) electrons. The van der Waals surface area contributed by atoms with Gasteiger partial charge in [0.1, 0.15) is 0 Å². The van der Waals surface area contributed by atoms with E-state index in [0.29, 0.717) is 0 Å². The highest BCUT2D eigenvalue weighted by Crippen LogP contribution is 2.60. The molecule has 2 aliphatic heterocycles. The third kappa shape index (κ3) is 2.69. The Morgan fingerprint density at radius 2 is 1.05 bits per heavy atom.